The minimum absolute atomic E-state index is 0.111. The topological polar surface area (TPSA) is 49.5 Å². The minimum Gasteiger partial charge on any atom is -0.393 e. The van der Waals surface area contributed by atoms with E-state index in [1.165, 1.54) is 0 Å². The van der Waals surface area contributed by atoms with Crippen molar-refractivity contribution in [3.05, 3.63) is 0 Å². The molecule has 0 radical (unpaired) electrons. The third-order valence-electron chi connectivity index (χ3n) is 3.00. The molecule has 0 aromatic rings. The molecule has 1 heterocycles. The van der Waals surface area contributed by atoms with Crippen LogP contribution >= 0.6 is 0 Å². The Morgan fingerprint density at radius 1 is 1.46 bits per heavy atom. The maximum atomic E-state index is 9.30. The summed E-state index contributed by atoms with van der Waals surface area (Å²) in [6, 6.07) is 0. The van der Waals surface area contributed by atoms with Crippen LogP contribution in [0.2, 0.25) is 0 Å². The summed E-state index contributed by atoms with van der Waals surface area (Å²) in [5, 5.41) is 9.30. The van der Waals surface area contributed by atoms with Gasteiger partial charge in [0, 0.05) is 5.54 Å². The maximum absolute atomic E-state index is 9.30. The third-order valence-corrected chi connectivity index (χ3v) is 3.00. The van der Waals surface area contributed by atoms with E-state index in [9.17, 15) is 5.11 Å². The van der Waals surface area contributed by atoms with Crippen LogP contribution in [0.5, 0.6) is 0 Å². The molecule has 3 nitrogen and oxygen atoms in total. The lowest BCUT2D eigenvalue weighted by Gasteiger charge is -2.39. The SMILES string of the molecule is CCN1CCC(N)(CC(C)O)CC1. The predicted octanol–water partition coefficient (Wildman–Crippen LogP) is 0.570. The van der Waals surface area contributed by atoms with E-state index in [1.807, 2.05) is 6.92 Å². The molecule has 1 unspecified atom stereocenters. The van der Waals surface area contributed by atoms with Gasteiger partial charge in [-0.1, -0.05) is 6.92 Å². The van der Waals surface area contributed by atoms with Crippen molar-refractivity contribution in [2.45, 2.75) is 44.8 Å². The van der Waals surface area contributed by atoms with Crippen LogP contribution < -0.4 is 5.73 Å². The number of piperidine rings is 1. The Morgan fingerprint density at radius 2 is 2.00 bits per heavy atom. The number of nitrogens with zero attached hydrogens (tertiary/aromatic N) is 1. The normalized spacial score (nSPS) is 25.8. The first-order valence-electron chi connectivity index (χ1n) is 5.25. The predicted molar refractivity (Wildman–Crippen MR) is 54.6 cm³/mol. The van der Waals surface area contributed by atoms with E-state index >= 15 is 0 Å². The molecule has 1 saturated heterocycles. The zero-order valence-corrected chi connectivity index (χ0v) is 8.79. The lowest BCUT2D eigenvalue weighted by atomic mass is 9.84. The van der Waals surface area contributed by atoms with Gasteiger partial charge < -0.3 is 15.7 Å². The molecule has 0 amide bonds. The van der Waals surface area contributed by atoms with E-state index in [-0.39, 0.29) is 11.6 Å². The second-order valence-corrected chi connectivity index (χ2v) is 4.35. The summed E-state index contributed by atoms with van der Waals surface area (Å²) in [6.07, 6.45) is 2.51. The largest absolute Gasteiger partial charge is 0.393 e. The standard InChI is InChI=1S/C10H22N2O/c1-3-12-6-4-10(11,5-7-12)8-9(2)13/h9,13H,3-8,11H2,1-2H3. The summed E-state index contributed by atoms with van der Waals surface area (Å²) in [5.74, 6) is 0. The van der Waals surface area contributed by atoms with Crippen LogP contribution in [0, 0.1) is 0 Å². The van der Waals surface area contributed by atoms with Gasteiger partial charge in [0.1, 0.15) is 0 Å². The molecule has 0 saturated carbocycles. The molecule has 3 N–H and O–H groups in total. The van der Waals surface area contributed by atoms with Gasteiger partial charge in [-0.05, 0) is 45.8 Å². The van der Waals surface area contributed by atoms with Crippen molar-refractivity contribution >= 4 is 0 Å². The van der Waals surface area contributed by atoms with Gasteiger partial charge in [-0.2, -0.15) is 0 Å². The second-order valence-electron chi connectivity index (χ2n) is 4.35. The molecular formula is C10H22N2O. The molecule has 0 aromatic heterocycles. The molecule has 13 heavy (non-hydrogen) atoms. The molecule has 1 fully saturated rings. The first-order valence-corrected chi connectivity index (χ1v) is 5.25. The molecule has 0 spiro atoms. The Morgan fingerprint density at radius 3 is 2.38 bits per heavy atom. The number of hydrogen-bond donors (Lipinski definition) is 2. The van der Waals surface area contributed by atoms with E-state index in [2.05, 4.69) is 11.8 Å². The van der Waals surface area contributed by atoms with Gasteiger partial charge in [0.05, 0.1) is 6.10 Å². The van der Waals surface area contributed by atoms with Crippen LogP contribution in [0.15, 0.2) is 0 Å². The highest BCUT2D eigenvalue weighted by Gasteiger charge is 2.30. The quantitative estimate of drug-likeness (QED) is 0.677. The van der Waals surface area contributed by atoms with Crippen LogP contribution in [0.25, 0.3) is 0 Å². The molecular weight excluding hydrogens is 164 g/mol. The maximum Gasteiger partial charge on any atom is 0.0529 e. The Hall–Kier alpha value is -0.120. The van der Waals surface area contributed by atoms with E-state index in [1.54, 1.807) is 0 Å². The molecule has 0 aliphatic carbocycles. The fourth-order valence-electron chi connectivity index (χ4n) is 2.11. The van der Waals surface area contributed by atoms with Crippen molar-refractivity contribution < 1.29 is 5.11 Å². The number of likely N-dealkylation sites (tertiary alicyclic amines) is 1. The number of hydrogen-bond acceptors (Lipinski definition) is 3. The fraction of sp³-hybridized carbons (Fsp3) is 1.00. The molecule has 0 bridgehead atoms. The molecule has 0 aromatic carbocycles. The third kappa shape index (κ3) is 3.25. The Kier molecular flexibility index (Phi) is 3.71. The van der Waals surface area contributed by atoms with Crippen LogP contribution in [0.1, 0.15) is 33.1 Å². The van der Waals surface area contributed by atoms with Crippen LogP contribution in [-0.4, -0.2) is 41.3 Å². The average Bonchev–Trinajstić information content (AvgIpc) is 2.04. The highest BCUT2D eigenvalue weighted by Crippen LogP contribution is 2.24. The number of nitrogens with two attached hydrogens (primary N) is 1. The highest BCUT2D eigenvalue weighted by atomic mass is 16.3. The van der Waals surface area contributed by atoms with E-state index < -0.39 is 0 Å². The average molecular weight is 186 g/mol. The zero-order valence-electron chi connectivity index (χ0n) is 8.79. The summed E-state index contributed by atoms with van der Waals surface area (Å²) in [6.45, 7) is 7.28. The summed E-state index contributed by atoms with van der Waals surface area (Å²) < 4.78 is 0. The molecule has 78 valence electrons. The molecule has 1 aliphatic heterocycles. The Balaban J connectivity index is 2.37. The van der Waals surface area contributed by atoms with Crippen molar-refractivity contribution in [1.29, 1.82) is 0 Å². The van der Waals surface area contributed by atoms with E-state index in [0.29, 0.717) is 0 Å². The molecule has 1 aliphatic rings. The monoisotopic (exact) mass is 186 g/mol. The molecule has 1 atom stereocenters. The van der Waals surface area contributed by atoms with E-state index in [0.717, 1.165) is 38.9 Å². The van der Waals surface area contributed by atoms with Crippen LogP contribution in [0.3, 0.4) is 0 Å². The van der Waals surface area contributed by atoms with E-state index in [4.69, 9.17) is 5.73 Å². The number of aliphatic hydroxyl groups excluding tert-OH is 1. The summed E-state index contributed by atoms with van der Waals surface area (Å²) in [5.41, 5.74) is 6.08. The summed E-state index contributed by atoms with van der Waals surface area (Å²) >= 11 is 0. The van der Waals surface area contributed by atoms with Crippen molar-refractivity contribution in [3.63, 3.8) is 0 Å². The first kappa shape index (κ1) is 11.0. The van der Waals surface area contributed by atoms with Crippen LogP contribution in [-0.2, 0) is 0 Å². The first-order chi connectivity index (χ1) is 6.06. The second kappa shape index (κ2) is 4.40. The van der Waals surface area contributed by atoms with Gasteiger partial charge in [-0.3, -0.25) is 0 Å². The molecule has 1 rings (SSSR count). The highest BCUT2D eigenvalue weighted by molar-refractivity contribution is 4.91. The van der Waals surface area contributed by atoms with Gasteiger partial charge in [0.25, 0.3) is 0 Å². The lowest BCUT2D eigenvalue weighted by Crippen LogP contribution is -2.51. The van der Waals surface area contributed by atoms with Gasteiger partial charge in [0.15, 0.2) is 0 Å². The van der Waals surface area contributed by atoms with Gasteiger partial charge in [0.2, 0.25) is 0 Å². The van der Waals surface area contributed by atoms with Crippen molar-refractivity contribution in [2.75, 3.05) is 19.6 Å². The smallest absolute Gasteiger partial charge is 0.0529 e. The Labute approximate surface area is 80.9 Å². The van der Waals surface area contributed by atoms with Crippen molar-refractivity contribution in [2.24, 2.45) is 5.73 Å². The lowest BCUT2D eigenvalue weighted by molar-refractivity contribution is 0.102. The fourth-order valence-corrected chi connectivity index (χ4v) is 2.11. The number of rotatable bonds is 3. The summed E-state index contributed by atoms with van der Waals surface area (Å²) in [7, 11) is 0. The zero-order chi connectivity index (χ0) is 9.90. The van der Waals surface area contributed by atoms with Gasteiger partial charge in [-0.25, -0.2) is 0 Å². The van der Waals surface area contributed by atoms with Crippen LogP contribution in [0.4, 0.5) is 0 Å². The molecule has 3 heteroatoms. The summed E-state index contributed by atoms with van der Waals surface area (Å²) in [4.78, 5) is 2.41. The van der Waals surface area contributed by atoms with Crippen molar-refractivity contribution in [3.8, 4) is 0 Å². The minimum atomic E-state index is -0.266. The van der Waals surface area contributed by atoms with Gasteiger partial charge in [-0.15, -0.1) is 0 Å². The van der Waals surface area contributed by atoms with Crippen molar-refractivity contribution in [1.82, 2.24) is 4.90 Å². The number of aliphatic hydroxyl groups is 1. The Bertz CT molecular complexity index is 151. The van der Waals surface area contributed by atoms with Gasteiger partial charge >= 0.3 is 0 Å².